The van der Waals surface area contributed by atoms with Gasteiger partial charge < -0.3 is 29.0 Å². The predicted molar refractivity (Wildman–Crippen MR) is 106 cm³/mol. The van der Waals surface area contributed by atoms with E-state index < -0.39 is 0 Å². The fourth-order valence-electron chi connectivity index (χ4n) is 2.22. The molecule has 0 unspecified atom stereocenters. The molecule has 0 spiro atoms. The smallest absolute Gasteiger partial charge is 0.253 e. The van der Waals surface area contributed by atoms with Crippen LogP contribution in [0.25, 0.3) is 0 Å². The van der Waals surface area contributed by atoms with Crippen molar-refractivity contribution in [3.8, 4) is 12.3 Å². The molecular weight excluding hydrogens is 396 g/mol. The molecule has 0 radical (unpaired) electrons. The van der Waals surface area contributed by atoms with E-state index in [1.807, 2.05) is 0 Å². The molecule has 0 saturated carbocycles. The minimum Gasteiger partial charge on any atom is -0.379 e. The number of rotatable bonds is 19. The standard InChI is InChI=1S/C20H30N2O8/c1-2-8-26-10-12-28-14-16-30-17-15-29-13-11-27-9-5-18(23)21-6-7-22-19(24)3-4-20(22)25/h1,3-4H,5-17H2,(H,21,23). The third-order valence-corrected chi connectivity index (χ3v) is 3.71. The molecule has 10 nitrogen and oxygen atoms in total. The van der Waals surface area contributed by atoms with Crippen molar-refractivity contribution in [1.82, 2.24) is 10.2 Å². The van der Waals surface area contributed by atoms with Crippen LogP contribution in [0.4, 0.5) is 0 Å². The molecule has 1 rings (SSSR count). The quantitative estimate of drug-likeness (QED) is 0.161. The van der Waals surface area contributed by atoms with Crippen molar-refractivity contribution >= 4 is 17.7 Å². The van der Waals surface area contributed by atoms with Gasteiger partial charge in [0, 0.05) is 31.7 Å². The summed E-state index contributed by atoms with van der Waals surface area (Å²) in [5.74, 6) is 1.44. The van der Waals surface area contributed by atoms with Gasteiger partial charge in [-0.15, -0.1) is 6.42 Å². The van der Waals surface area contributed by atoms with Crippen LogP contribution >= 0.6 is 0 Å². The Morgan fingerprint density at radius 2 is 1.30 bits per heavy atom. The highest BCUT2D eigenvalue weighted by Gasteiger charge is 2.22. The Morgan fingerprint density at radius 1 is 0.833 bits per heavy atom. The van der Waals surface area contributed by atoms with E-state index in [9.17, 15) is 14.4 Å². The van der Waals surface area contributed by atoms with Gasteiger partial charge in [-0.05, 0) is 0 Å². The van der Waals surface area contributed by atoms with E-state index in [-0.39, 0.29) is 50.4 Å². The maximum absolute atomic E-state index is 11.7. The molecule has 0 aliphatic carbocycles. The zero-order valence-electron chi connectivity index (χ0n) is 17.1. The third-order valence-electron chi connectivity index (χ3n) is 3.71. The molecule has 0 fully saturated rings. The van der Waals surface area contributed by atoms with Crippen molar-refractivity contribution in [2.24, 2.45) is 0 Å². The minimum atomic E-state index is -0.363. The first-order valence-corrected chi connectivity index (χ1v) is 9.77. The lowest BCUT2D eigenvalue weighted by atomic mass is 10.4. The van der Waals surface area contributed by atoms with Crippen molar-refractivity contribution in [3.63, 3.8) is 0 Å². The highest BCUT2D eigenvalue weighted by atomic mass is 16.6. The summed E-state index contributed by atoms with van der Waals surface area (Å²) in [5, 5.41) is 2.64. The van der Waals surface area contributed by atoms with Crippen LogP contribution in [0.15, 0.2) is 12.2 Å². The number of imide groups is 1. The average molecular weight is 426 g/mol. The van der Waals surface area contributed by atoms with Gasteiger partial charge in [-0.2, -0.15) is 0 Å². The molecule has 3 amide bonds. The monoisotopic (exact) mass is 426 g/mol. The molecule has 1 aliphatic heterocycles. The number of hydrogen-bond acceptors (Lipinski definition) is 8. The number of amides is 3. The van der Waals surface area contributed by atoms with Gasteiger partial charge in [0.2, 0.25) is 5.91 Å². The van der Waals surface area contributed by atoms with Crippen molar-refractivity contribution in [1.29, 1.82) is 0 Å². The lowest BCUT2D eigenvalue weighted by Gasteiger charge is -2.14. The molecule has 30 heavy (non-hydrogen) atoms. The maximum Gasteiger partial charge on any atom is 0.253 e. The van der Waals surface area contributed by atoms with Crippen LogP contribution in [0.3, 0.4) is 0 Å². The van der Waals surface area contributed by atoms with E-state index in [0.29, 0.717) is 52.9 Å². The highest BCUT2D eigenvalue weighted by molar-refractivity contribution is 6.12. The minimum absolute atomic E-state index is 0.153. The Hall–Kier alpha value is -2.29. The molecule has 1 heterocycles. The van der Waals surface area contributed by atoms with Crippen molar-refractivity contribution in [2.75, 3.05) is 79.2 Å². The second-order valence-corrected chi connectivity index (χ2v) is 5.97. The second kappa shape index (κ2) is 17.6. The van der Waals surface area contributed by atoms with Gasteiger partial charge >= 0.3 is 0 Å². The number of carbonyl (C=O) groups excluding carboxylic acids is 3. The summed E-state index contributed by atoms with van der Waals surface area (Å²) in [4.78, 5) is 35.4. The lowest BCUT2D eigenvalue weighted by molar-refractivity contribution is -0.137. The van der Waals surface area contributed by atoms with Crippen LogP contribution in [-0.2, 0) is 38.1 Å². The fraction of sp³-hybridized carbons (Fsp3) is 0.650. The average Bonchev–Trinajstić information content (AvgIpc) is 3.05. The molecule has 0 atom stereocenters. The van der Waals surface area contributed by atoms with E-state index in [0.717, 1.165) is 4.90 Å². The zero-order chi connectivity index (χ0) is 21.9. The van der Waals surface area contributed by atoms with Crippen LogP contribution in [0, 0.1) is 12.3 Å². The topological polar surface area (TPSA) is 113 Å². The zero-order valence-corrected chi connectivity index (χ0v) is 17.1. The van der Waals surface area contributed by atoms with Gasteiger partial charge in [0.05, 0.1) is 59.5 Å². The first-order valence-electron chi connectivity index (χ1n) is 9.77. The number of carbonyl (C=O) groups is 3. The van der Waals surface area contributed by atoms with E-state index in [4.69, 9.17) is 30.1 Å². The summed E-state index contributed by atoms with van der Waals surface area (Å²) in [7, 11) is 0. The van der Waals surface area contributed by atoms with Gasteiger partial charge in [0.15, 0.2) is 0 Å². The van der Waals surface area contributed by atoms with E-state index >= 15 is 0 Å². The number of nitrogens with zero attached hydrogens (tertiary/aromatic N) is 1. The first kappa shape index (κ1) is 25.7. The largest absolute Gasteiger partial charge is 0.379 e. The summed E-state index contributed by atoms with van der Waals surface area (Å²) in [6.45, 7) is 4.48. The Labute approximate surface area is 176 Å². The Bertz CT molecular complexity index is 570. The number of hydrogen-bond donors (Lipinski definition) is 1. The number of terminal acetylenes is 1. The molecule has 10 heteroatoms. The van der Waals surface area contributed by atoms with E-state index in [2.05, 4.69) is 11.2 Å². The Morgan fingerprint density at radius 3 is 1.80 bits per heavy atom. The molecule has 0 aromatic carbocycles. The van der Waals surface area contributed by atoms with Crippen molar-refractivity contribution in [2.45, 2.75) is 6.42 Å². The van der Waals surface area contributed by atoms with Crippen LogP contribution in [0.1, 0.15) is 6.42 Å². The summed E-state index contributed by atoms with van der Waals surface area (Å²) < 4.78 is 26.4. The van der Waals surface area contributed by atoms with Crippen molar-refractivity contribution in [3.05, 3.63) is 12.2 Å². The summed E-state index contributed by atoms with van der Waals surface area (Å²) in [5.41, 5.74) is 0. The molecule has 0 aromatic heterocycles. The summed E-state index contributed by atoms with van der Waals surface area (Å²) in [6.07, 6.45) is 7.66. The molecular formula is C20H30N2O8. The van der Waals surface area contributed by atoms with Gasteiger partial charge in [0.1, 0.15) is 6.61 Å². The number of ether oxygens (including phenoxy) is 5. The molecule has 0 saturated heterocycles. The molecule has 168 valence electrons. The first-order chi connectivity index (χ1) is 14.6. The van der Waals surface area contributed by atoms with Gasteiger partial charge in [-0.3, -0.25) is 19.3 Å². The van der Waals surface area contributed by atoms with E-state index in [1.165, 1.54) is 12.2 Å². The second-order valence-electron chi connectivity index (χ2n) is 5.97. The molecule has 1 aliphatic rings. The molecule has 0 aromatic rings. The van der Waals surface area contributed by atoms with Gasteiger partial charge in [-0.25, -0.2) is 0 Å². The lowest BCUT2D eigenvalue weighted by Crippen LogP contribution is -2.38. The normalized spacial score (nSPS) is 13.1. The maximum atomic E-state index is 11.7. The van der Waals surface area contributed by atoms with Crippen LogP contribution in [0.5, 0.6) is 0 Å². The van der Waals surface area contributed by atoms with Crippen LogP contribution < -0.4 is 5.32 Å². The van der Waals surface area contributed by atoms with E-state index in [1.54, 1.807) is 0 Å². The fourth-order valence-corrected chi connectivity index (χ4v) is 2.22. The summed E-state index contributed by atoms with van der Waals surface area (Å²) >= 11 is 0. The Balaban J connectivity index is 1.78. The third kappa shape index (κ3) is 13.0. The Kier molecular flexibility index (Phi) is 15.1. The van der Waals surface area contributed by atoms with Gasteiger partial charge in [-0.1, -0.05) is 5.92 Å². The molecule has 0 bridgehead atoms. The SMILES string of the molecule is C#CCOCCOCCOCCOCCOCCC(=O)NCCN1C(=O)C=CC1=O. The number of nitrogens with one attached hydrogen (secondary N) is 1. The van der Waals surface area contributed by atoms with Gasteiger partial charge in [0.25, 0.3) is 11.8 Å². The summed E-state index contributed by atoms with van der Waals surface area (Å²) in [6, 6.07) is 0. The van der Waals surface area contributed by atoms with Crippen LogP contribution in [0.2, 0.25) is 0 Å². The predicted octanol–water partition coefficient (Wildman–Crippen LogP) is -0.866. The molecule has 1 N–H and O–H groups in total. The highest BCUT2D eigenvalue weighted by Crippen LogP contribution is 2.01. The van der Waals surface area contributed by atoms with Crippen molar-refractivity contribution < 1.29 is 38.1 Å². The van der Waals surface area contributed by atoms with Crippen LogP contribution in [-0.4, -0.2) is 102 Å².